The molecule has 154 valence electrons. The maximum Gasteiger partial charge on any atom is 0.338 e. The fourth-order valence-electron chi connectivity index (χ4n) is 2.43. The lowest BCUT2D eigenvalue weighted by atomic mass is 10.1. The van der Waals surface area contributed by atoms with Gasteiger partial charge in [-0.05, 0) is 68.3 Å². The molecule has 0 unspecified atom stereocenters. The first-order valence-electron chi connectivity index (χ1n) is 9.06. The maximum absolute atomic E-state index is 11.8. The number of rotatable bonds is 8. The molecule has 0 aliphatic carbocycles. The molecule has 2 aromatic carbocycles. The highest BCUT2D eigenvalue weighted by Crippen LogP contribution is 2.16. The smallest absolute Gasteiger partial charge is 0.338 e. The summed E-state index contributed by atoms with van der Waals surface area (Å²) in [5, 5.41) is 0. The molecule has 0 aliphatic rings. The second-order valence-corrected chi connectivity index (χ2v) is 6.24. The van der Waals surface area contributed by atoms with Gasteiger partial charge in [-0.3, -0.25) is 20.4 Å². The van der Waals surface area contributed by atoms with Crippen LogP contribution in [0.3, 0.4) is 0 Å². The molecule has 0 aliphatic heterocycles. The van der Waals surface area contributed by atoms with Gasteiger partial charge in [0, 0.05) is 0 Å². The van der Waals surface area contributed by atoms with Crippen molar-refractivity contribution in [1.29, 1.82) is 0 Å². The summed E-state index contributed by atoms with van der Waals surface area (Å²) in [7, 11) is 0. The van der Waals surface area contributed by atoms with Gasteiger partial charge in [0.15, 0.2) is 13.2 Å². The van der Waals surface area contributed by atoms with E-state index in [4.69, 9.17) is 14.2 Å². The molecule has 2 rings (SSSR count). The number of hydrogen-bond acceptors (Lipinski definition) is 6. The van der Waals surface area contributed by atoms with Crippen LogP contribution in [0.4, 0.5) is 0 Å². The summed E-state index contributed by atoms with van der Waals surface area (Å²) in [6.45, 7) is 5.34. The molecule has 0 heterocycles. The third-order valence-corrected chi connectivity index (χ3v) is 3.64. The summed E-state index contributed by atoms with van der Waals surface area (Å²) in [5.74, 6) is -0.491. The first-order valence-corrected chi connectivity index (χ1v) is 9.06. The van der Waals surface area contributed by atoms with Crippen molar-refractivity contribution < 1.29 is 28.6 Å². The number of benzene rings is 2. The number of esters is 1. The Morgan fingerprint density at radius 3 is 1.83 bits per heavy atom. The average Bonchev–Trinajstić information content (AvgIpc) is 2.69. The third-order valence-electron chi connectivity index (χ3n) is 3.64. The van der Waals surface area contributed by atoms with Gasteiger partial charge in [0.25, 0.3) is 11.8 Å². The molecular weight excluding hydrogens is 376 g/mol. The predicted molar refractivity (Wildman–Crippen MR) is 106 cm³/mol. The number of aryl methyl sites for hydroxylation is 2. The highest BCUT2D eigenvalue weighted by molar-refractivity contribution is 5.89. The Morgan fingerprint density at radius 2 is 1.31 bits per heavy atom. The van der Waals surface area contributed by atoms with Gasteiger partial charge in [-0.2, -0.15) is 0 Å². The first kappa shape index (κ1) is 21.7. The molecule has 8 heteroatoms. The van der Waals surface area contributed by atoms with E-state index in [1.165, 1.54) is 12.1 Å². The third kappa shape index (κ3) is 7.53. The minimum absolute atomic E-state index is 0.237. The standard InChI is InChI=1S/C21H24N2O6/c1-4-27-21(26)16-5-7-17(8-6-16)28-12-19(24)22-23-20(25)13-29-18-10-14(2)9-15(3)11-18/h5-11H,4,12-13H2,1-3H3,(H,22,24)(H,23,25). The molecule has 0 bridgehead atoms. The van der Waals surface area contributed by atoms with Crippen molar-refractivity contribution in [2.24, 2.45) is 0 Å². The molecule has 2 aromatic rings. The Bertz CT molecular complexity index is 844. The lowest BCUT2D eigenvalue weighted by Gasteiger charge is -2.10. The molecule has 8 nitrogen and oxygen atoms in total. The van der Waals surface area contributed by atoms with E-state index in [-0.39, 0.29) is 13.2 Å². The minimum atomic E-state index is -0.542. The predicted octanol–water partition coefficient (Wildman–Crippen LogP) is 2.09. The highest BCUT2D eigenvalue weighted by Gasteiger charge is 2.09. The molecule has 0 saturated heterocycles. The molecule has 0 spiro atoms. The number of carbonyl (C=O) groups is 3. The van der Waals surface area contributed by atoms with Crippen molar-refractivity contribution >= 4 is 17.8 Å². The Kier molecular flexibility index (Phi) is 8.02. The SMILES string of the molecule is CCOC(=O)c1ccc(OCC(=O)NNC(=O)COc2cc(C)cc(C)c2)cc1. The topological polar surface area (TPSA) is 103 Å². The van der Waals surface area contributed by atoms with Gasteiger partial charge in [-0.15, -0.1) is 0 Å². The van der Waals surface area contributed by atoms with Crippen LogP contribution < -0.4 is 20.3 Å². The average molecular weight is 400 g/mol. The van der Waals surface area contributed by atoms with Crippen LogP contribution in [0.1, 0.15) is 28.4 Å². The summed E-state index contributed by atoms with van der Waals surface area (Å²) in [4.78, 5) is 35.1. The summed E-state index contributed by atoms with van der Waals surface area (Å²) >= 11 is 0. The van der Waals surface area contributed by atoms with Gasteiger partial charge in [0.2, 0.25) is 0 Å². The van der Waals surface area contributed by atoms with Crippen molar-refractivity contribution in [3.8, 4) is 11.5 Å². The van der Waals surface area contributed by atoms with E-state index >= 15 is 0 Å². The fraction of sp³-hybridized carbons (Fsp3) is 0.286. The molecular formula is C21H24N2O6. The van der Waals surface area contributed by atoms with Gasteiger partial charge in [0.1, 0.15) is 11.5 Å². The van der Waals surface area contributed by atoms with Gasteiger partial charge in [-0.1, -0.05) is 6.07 Å². The van der Waals surface area contributed by atoms with Crippen LogP contribution in [0.15, 0.2) is 42.5 Å². The van der Waals surface area contributed by atoms with Crippen LogP contribution in [0, 0.1) is 13.8 Å². The molecule has 0 fully saturated rings. The number of hydrogen-bond donors (Lipinski definition) is 2. The summed E-state index contributed by atoms with van der Waals surface area (Å²) < 4.78 is 15.6. The van der Waals surface area contributed by atoms with E-state index in [2.05, 4.69) is 10.9 Å². The maximum atomic E-state index is 11.8. The first-order chi connectivity index (χ1) is 13.9. The van der Waals surface area contributed by atoms with Crippen LogP contribution in [-0.4, -0.2) is 37.6 Å². The lowest BCUT2D eigenvalue weighted by molar-refractivity contribution is -0.131. The minimum Gasteiger partial charge on any atom is -0.484 e. The Labute approximate surface area is 169 Å². The van der Waals surface area contributed by atoms with Crippen LogP contribution in [0.2, 0.25) is 0 Å². The number of nitrogens with one attached hydrogen (secondary N) is 2. The molecule has 0 radical (unpaired) electrons. The largest absolute Gasteiger partial charge is 0.484 e. The summed E-state index contributed by atoms with van der Waals surface area (Å²) in [6, 6.07) is 11.8. The Hall–Kier alpha value is -3.55. The van der Waals surface area contributed by atoms with E-state index in [1.807, 2.05) is 32.0 Å². The van der Waals surface area contributed by atoms with Crippen LogP contribution in [0.25, 0.3) is 0 Å². The van der Waals surface area contributed by atoms with E-state index in [0.717, 1.165) is 11.1 Å². The number of carbonyl (C=O) groups excluding carboxylic acids is 3. The lowest BCUT2D eigenvalue weighted by Crippen LogP contribution is -2.45. The zero-order valence-corrected chi connectivity index (χ0v) is 16.6. The van der Waals surface area contributed by atoms with Gasteiger partial charge in [0.05, 0.1) is 12.2 Å². The van der Waals surface area contributed by atoms with Crippen LogP contribution in [-0.2, 0) is 14.3 Å². The highest BCUT2D eigenvalue weighted by atomic mass is 16.5. The summed E-state index contributed by atoms with van der Waals surface area (Å²) in [5.41, 5.74) is 6.94. The molecule has 2 amide bonds. The quantitative estimate of drug-likeness (QED) is 0.520. The summed E-state index contributed by atoms with van der Waals surface area (Å²) in [6.07, 6.45) is 0. The van der Waals surface area contributed by atoms with Crippen molar-refractivity contribution in [1.82, 2.24) is 10.9 Å². The monoisotopic (exact) mass is 400 g/mol. The number of hydrazine groups is 1. The van der Waals surface area contributed by atoms with E-state index in [1.54, 1.807) is 19.1 Å². The Morgan fingerprint density at radius 1 is 0.793 bits per heavy atom. The Balaban J connectivity index is 1.69. The second-order valence-electron chi connectivity index (χ2n) is 6.24. The molecule has 0 aromatic heterocycles. The van der Waals surface area contributed by atoms with Gasteiger partial charge in [-0.25, -0.2) is 4.79 Å². The van der Waals surface area contributed by atoms with Crippen molar-refractivity contribution in [2.45, 2.75) is 20.8 Å². The second kappa shape index (κ2) is 10.7. The van der Waals surface area contributed by atoms with Crippen molar-refractivity contribution in [3.63, 3.8) is 0 Å². The zero-order chi connectivity index (χ0) is 21.2. The normalized spacial score (nSPS) is 10.0. The molecule has 0 saturated carbocycles. The number of amides is 2. The van der Waals surface area contributed by atoms with E-state index < -0.39 is 17.8 Å². The van der Waals surface area contributed by atoms with Crippen molar-refractivity contribution in [3.05, 3.63) is 59.2 Å². The van der Waals surface area contributed by atoms with E-state index in [9.17, 15) is 14.4 Å². The van der Waals surface area contributed by atoms with Gasteiger partial charge < -0.3 is 14.2 Å². The molecule has 29 heavy (non-hydrogen) atoms. The number of ether oxygens (including phenoxy) is 3. The fourth-order valence-corrected chi connectivity index (χ4v) is 2.43. The van der Waals surface area contributed by atoms with Crippen LogP contribution >= 0.6 is 0 Å². The van der Waals surface area contributed by atoms with E-state index in [0.29, 0.717) is 23.7 Å². The van der Waals surface area contributed by atoms with Crippen molar-refractivity contribution in [2.75, 3.05) is 19.8 Å². The van der Waals surface area contributed by atoms with Gasteiger partial charge >= 0.3 is 5.97 Å². The van der Waals surface area contributed by atoms with Crippen LogP contribution in [0.5, 0.6) is 11.5 Å². The molecule has 2 N–H and O–H groups in total. The molecule has 0 atom stereocenters. The zero-order valence-electron chi connectivity index (χ0n) is 16.6.